The molecule has 4 aromatic rings. The minimum absolute atomic E-state index is 0.137. The highest BCUT2D eigenvalue weighted by Crippen LogP contribution is 2.37. The van der Waals surface area contributed by atoms with Crippen molar-refractivity contribution >= 4 is 11.6 Å². The van der Waals surface area contributed by atoms with Crippen LogP contribution in [0.3, 0.4) is 0 Å². The number of rotatable bonds is 8. The third-order valence-corrected chi connectivity index (χ3v) is 6.58. The molecule has 0 radical (unpaired) electrons. The molecule has 7 nitrogen and oxygen atoms in total. The van der Waals surface area contributed by atoms with Crippen molar-refractivity contribution in [2.75, 3.05) is 12.4 Å². The Kier molecular flexibility index (Phi) is 7.00. The van der Waals surface area contributed by atoms with E-state index in [0.717, 1.165) is 34.8 Å². The Morgan fingerprint density at radius 2 is 1.89 bits per heavy atom. The largest absolute Gasteiger partial charge is 0.435 e. The number of halogens is 3. The van der Waals surface area contributed by atoms with Crippen molar-refractivity contribution in [3.05, 3.63) is 107 Å². The van der Waals surface area contributed by atoms with Crippen LogP contribution in [0.25, 0.3) is 5.69 Å². The molecule has 1 saturated carbocycles. The number of nitrogens with zero attached hydrogens (tertiary/aromatic N) is 4. The number of nitrogens with one attached hydrogen (secondary N) is 1. The number of carbonyl (C=O) groups excluding carboxylic acids is 1. The van der Waals surface area contributed by atoms with Gasteiger partial charge < -0.3 is 11.1 Å². The van der Waals surface area contributed by atoms with Gasteiger partial charge in [-0.2, -0.15) is 18.3 Å². The first-order valence-electron chi connectivity index (χ1n) is 12.3. The maximum atomic E-state index is 13.5. The van der Waals surface area contributed by atoms with Gasteiger partial charge in [-0.15, -0.1) is 0 Å². The molecule has 196 valence electrons. The summed E-state index contributed by atoms with van der Waals surface area (Å²) in [6.07, 6.45) is -0.761. The van der Waals surface area contributed by atoms with Crippen LogP contribution < -0.4 is 11.1 Å². The van der Waals surface area contributed by atoms with Crippen LogP contribution in [-0.2, 0) is 12.7 Å². The van der Waals surface area contributed by atoms with Crippen LogP contribution in [0.4, 0.5) is 18.9 Å². The maximum absolute atomic E-state index is 13.5. The highest BCUT2D eigenvalue weighted by Gasteiger charge is 2.36. The van der Waals surface area contributed by atoms with Gasteiger partial charge in [0.1, 0.15) is 5.69 Å². The summed E-state index contributed by atoms with van der Waals surface area (Å²) in [4.78, 5) is 20.1. The van der Waals surface area contributed by atoms with Crippen molar-refractivity contribution < 1.29 is 18.0 Å². The third kappa shape index (κ3) is 5.46. The summed E-state index contributed by atoms with van der Waals surface area (Å²) in [5, 5.41) is 6.46. The first-order chi connectivity index (χ1) is 18.2. The van der Waals surface area contributed by atoms with Crippen molar-refractivity contribution in [3.8, 4) is 5.69 Å². The van der Waals surface area contributed by atoms with E-state index in [1.165, 1.54) is 0 Å². The number of alkyl halides is 3. The fourth-order valence-electron chi connectivity index (χ4n) is 4.52. The molecule has 1 atom stereocenters. The van der Waals surface area contributed by atoms with E-state index in [1.54, 1.807) is 36.5 Å². The highest BCUT2D eigenvalue weighted by atomic mass is 19.4. The van der Waals surface area contributed by atoms with Crippen molar-refractivity contribution in [3.63, 3.8) is 0 Å². The molecule has 2 heterocycles. The highest BCUT2D eigenvalue weighted by molar-refractivity contribution is 6.03. The standard InChI is InChI=1S/C28H27F3N6O/c1-36(21-11-12-21)26(23-10-2-3-13-33-23)19-7-5-8-20(15-19)34-27(38)24-16-25(28(29,30)31)35-37(24)22-9-4-6-18(14-22)17-32/h2-10,13-16,21,26H,11-12,17,32H2,1H3,(H,34,38). The Labute approximate surface area is 218 Å². The summed E-state index contributed by atoms with van der Waals surface area (Å²) < 4.78 is 41.6. The SMILES string of the molecule is CN(C1CC1)C(c1cccc(NC(=O)c2cc(C(F)(F)F)nn2-c2cccc(CN)c2)c1)c1ccccn1. The van der Waals surface area contributed by atoms with E-state index >= 15 is 0 Å². The van der Waals surface area contributed by atoms with Gasteiger partial charge in [0.2, 0.25) is 0 Å². The summed E-state index contributed by atoms with van der Waals surface area (Å²) in [5.41, 5.74) is 7.55. The van der Waals surface area contributed by atoms with Crippen LogP contribution in [0.1, 0.15) is 51.9 Å². The Hall–Kier alpha value is -4.02. The predicted molar refractivity (Wildman–Crippen MR) is 138 cm³/mol. The second-order valence-corrected chi connectivity index (χ2v) is 9.33. The van der Waals surface area contributed by atoms with Crippen molar-refractivity contribution in [2.45, 2.75) is 37.6 Å². The molecule has 1 aliphatic carbocycles. The van der Waals surface area contributed by atoms with Crippen LogP contribution in [0, 0.1) is 0 Å². The van der Waals surface area contributed by atoms with E-state index < -0.39 is 17.8 Å². The van der Waals surface area contributed by atoms with Crippen LogP contribution >= 0.6 is 0 Å². The van der Waals surface area contributed by atoms with Gasteiger partial charge in [-0.3, -0.25) is 14.7 Å². The van der Waals surface area contributed by atoms with Gasteiger partial charge in [-0.05, 0) is 67.4 Å². The molecule has 1 unspecified atom stereocenters. The molecule has 10 heteroatoms. The molecule has 0 bridgehead atoms. The van der Waals surface area contributed by atoms with Gasteiger partial charge in [-0.1, -0.05) is 30.3 Å². The number of benzene rings is 2. The lowest BCUT2D eigenvalue weighted by molar-refractivity contribution is -0.141. The normalized spacial score (nSPS) is 14.5. The lowest BCUT2D eigenvalue weighted by Crippen LogP contribution is -2.28. The first-order valence-corrected chi connectivity index (χ1v) is 12.3. The van der Waals surface area contributed by atoms with Gasteiger partial charge in [0.25, 0.3) is 5.91 Å². The molecule has 5 rings (SSSR count). The van der Waals surface area contributed by atoms with Crippen LogP contribution in [0.15, 0.2) is 79.0 Å². The number of amides is 1. The molecule has 0 spiro atoms. The van der Waals surface area contributed by atoms with E-state index in [4.69, 9.17) is 5.73 Å². The number of anilines is 1. The zero-order valence-electron chi connectivity index (χ0n) is 20.7. The number of hydrogen-bond donors (Lipinski definition) is 2. The molecule has 2 aromatic heterocycles. The summed E-state index contributed by atoms with van der Waals surface area (Å²) >= 11 is 0. The number of hydrogen-bond acceptors (Lipinski definition) is 5. The van der Waals surface area contributed by atoms with Crippen LogP contribution in [-0.4, -0.2) is 38.7 Å². The lowest BCUT2D eigenvalue weighted by atomic mass is 10.0. The Balaban J connectivity index is 1.48. The molecule has 0 aliphatic heterocycles. The average Bonchev–Trinajstić information content (AvgIpc) is 3.66. The topological polar surface area (TPSA) is 89.1 Å². The maximum Gasteiger partial charge on any atom is 0.435 e. The lowest BCUT2D eigenvalue weighted by Gasteiger charge is -2.28. The summed E-state index contributed by atoms with van der Waals surface area (Å²) in [6, 6.07) is 20.7. The number of carbonyl (C=O) groups is 1. The van der Waals surface area contributed by atoms with E-state index in [9.17, 15) is 18.0 Å². The molecule has 2 aromatic carbocycles. The number of nitrogens with two attached hydrogens (primary N) is 1. The molecule has 1 aliphatic rings. The van der Waals surface area contributed by atoms with E-state index in [-0.39, 0.29) is 18.3 Å². The van der Waals surface area contributed by atoms with Crippen molar-refractivity contribution in [2.24, 2.45) is 5.73 Å². The first kappa shape index (κ1) is 25.6. The van der Waals surface area contributed by atoms with Gasteiger partial charge in [0, 0.05) is 30.5 Å². The number of pyridine rings is 1. The zero-order valence-corrected chi connectivity index (χ0v) is 20.7. The van der Waals surface area contributed by atoms with E-state index in [0.29, 0.717) is 23.0 Å². The summed E-state index contributed by atoms with van der Waals surface area (Å²) in [7, 11) is 2.05. The zero-order chi connectivity index (χ0) is 26.9. The molecule has 0 saturated heterocycles. The molecule has 1 fully saturated rings. The van der Waals surface area contributed by atoms with Gasteiger partial charge in [0.15, 0.2) is 5.69 Å². The van der Waals surface area contributed by atoms with Crippen molar-refractivity contribution in [1.29, 1.82) is 0 Å². The monoisotopic (exact) mass is 520 g/mol. The fourth-order valence-corrected chi connectivity index (χ4v) is 4.52. The second-order valence-electron chi connectivity index (χ2n) is 9.33. The smallest absolute Gasteiger partial charge is 0.326 e. The van der Waals surface area contributed by atoms with Crippen LogP contribution in [0.2, 0.25) is 0 Å². The molecular formula is C28H27F3N6O. The quantitative estimate of drug-likeness (QED) is 0.334. The Bertz CT molecular complexity index is 1430. The summed E-state index contributed by atoms with van der Waals surface area (Å²) in [5.74, 6) is -0.715. The minimum Gasteiger partial charge on any atom is -0.326 e. The van der Waals surface area contributed by atoms with Crippen molar-refractivity contribution in [1.82, 2.24) is 19.7 Å². The van der Waals surface area contributed by atoms with Gasteiger partial charge >= 0.3 is 6.18 Å². The number of aromatic nitrogens is 3. The second kappa shape index (κ2) is 10.4. The Morgan fingerprint density at radius 1 is 1.11 bits per heavy atom. The van der Waals surface area contributed by atoms with E-state index in [1.807, 2.05) is 36.4 Å². The molecule has 1 amide bonds. The summed E-state index contributed by atoms with van der Waals surface area (Å²) in [6.45, 7) is 0.197. The van der Waals surface area contributed by atoms with Gasteiger partial charge in [-0.25, -0.2) is 4.68 Å². The molecular weight excluding hydrogens is 493 g/mol. The van der Waals surface area contributed by atoms with E-state index in [2.05, 4.69) is 27.3 Å². The average molecular weight is 521 g/mol. The molecule has 38 heavy (non-hydrogen) atoms. The van der Waals surface area contributed by atoms with Gasteiger partial charge in [0.05, 0.1) is 17.4 Å². The third-order valence-electron chi connectivity index (χ3n) is 6.58. The minimum atomic E-state index is -4.71. The molecule has 3 N–H and O–H groups in total. The fraction of sp³-hybridized carbons (Fsp3) is 0.250. The Morgan fingerprint density at radius 3 is 2.58 bits per heavy atom. The van der Waals surface area contributed by atoms with Crippen LogP contribution in [0.5, 0.6) is 0 Å². The predicted octanol–water partition coefficient (Wildman–Crippen LogP) is 5.18.